The zero-order valence-electron chi connectivity index (χ0n) is 14.8. The normalized spacial score (nSPS) is 19.0. The largest absolute Gasteiger partial charge is 0.339 e. The molecule has 2 heterocycles. The Hall–Kier alpha value is -1.46. The van der Waals surface area contributed by atoms with Crippen molar-refractivity contribution in [2.24, 2.45) is 5.41 Å². The maximum Gasteiger partial charge on any atom is 0.229 e. The number of nitrogens with one attached hydrogen (secondary N) is 1. The Morgan fingerprint density at radius 1 is 1.38 bits per heavy atom. The maximum absolute atomic E-state index is 13.3. The van der Waals surface area contributed by atoms with Gasteiger partial charge in [-0.25, -0.2) is 4.98 Å². The summed E-state index contributed by atoms with van der Waals surface area (Å²) in [6, 6.07) is 8.60. The number of hydrogen-bond donors (Lipinski definition) is 1. The summed E-state index contributed by atoms with van der Waals surface area (Å²) in [5.74, 6) is 0.306. The number of fused-ring (bicyclic) bond motifs is 1. The van der Waals surface area contributed by atoms with E-state index in [0.717, 1.165) is 49.4 Å². The number of thiazole rings is 1. The van der Waals surface area contributed by atoms with Gasteiger partial charge in [-0.1, -0.05) is 26.0 Å². The minimum atomic E-state index is -0.328. The van der Waals surface area contributed by atoms with Gasteiger partial charge in [-0.15, -0.1) is 11.3 Å². The highest BCUT2D eigenvalue weighted by atomic mass is 32.1. The van der Waals surface area contributed by atoms with E-state index in [0.29, 0.717) is 11.9 Å². The summed E-state index contributed by atoms with van der Waals surface area (Å²) in [4.78, 5) is 20.2. The molecule has 1 fully saturated rings. The second-order valence-corrected chi connectivity index (χ2v) is 7.96. The number of hydrogen-bond acceptors (Lipinski definition) is 4. The summed E-state index contributed by atoms with van der Waals surface area (Å²) >= 11 is 1.73. The van der Waals surface area contributed by atoms with Gasteiger partial charge in [0.2, 0.25) is 5.91 Å². The molecule has 4 nitrogen and oxygen atoms in total. The molecule has 1 aromatic heterocycles. The summed E-state index contributed by atoms with van der Waals surface area (Å²) in [5.41, 5.74) is 0.715. The van der Waals surface area contributed by atoms with Gasteiger partial charge < -0.3 is 10.2 Å². The predicted molar refractivity (Wildman–Crippen MR) is 100 cm³/mol. The summed E-state index contributed by atoms with van der Waals surface area (Å²) in [7, 11) is 0. The molecule has 1 atom stereocenters. The molecule has 130 valence electrons. The van der Waals surface area contributed by atoms with Crippen LogP contribution >= 0.6 is 11.3 Å². The highest BCUT2D eigenvalue weighted by molar-refractivity contribution is 7.18. The van der Waals surface area contributed by atoms with Crippen molar-refractivity contribution in [2.75, 3.05) is 19.6 Å². The Morgan fingerprint density at radius 3 is 2.79 bits per heavy atom. The molecule has 1 N–H and O–H groups in total. The van der Waals surface area contributed by atoms with Crippen LogP contribution in [0.25, 0.3) is 10.2 Å². The van der Waals surface area contributed by atoms with E-state index in [1.54, 1.807) is 11.3 Å². The first-order chi connectivity index (χ1) is 11.6. The van der Waals surface area contributed by atoms with Crippen LogP contribution in [0.3, 0.4) is 0 Å². The maximum atomic E-state index is 13.3. The third-order valence-electron chi connectivity index (χ3n) is 5.29. The highest BCUT2D eigenvalue weighted by Crippen LogP contribution is 2.36. The van der Waals surface area contributed by atoms with Crippen molar-refractivity contribution < 1.29 is 4.79 Å². The van der Waals surface area contributed by atoms with Crippen LogP contribution in [0, 0.1) is 5.41 Å². The zero-order chi connectivity index (χ0) is 17.2. The first kappa shape index (κ1) is 17.4. The minimum Gasteiger partial charge on any atom is -0.339 e. The van der Waals surface area contributed by atoms with Crippen molar-refractivity contribution in [3.05, 3.63) is 29.3 Å². The van der Waals surface area contributed by atoms with E-state index >= 15 is 0 Å². The van der Waals surface area contributed by atoms with Gasteiger partial charge in [-0.05, 0) is 31.9 Å². The number of carbonyl (C=O) groups is 1. The van der Waals surface area contributed by atoms with Crippen LogP contribution in [-0.2, 0) is 11.2 Å². The molecular weight excluding hydrogens is 318 g/mol. The number of benzene rings is 1. The fraction of sp³-hybridized carbons (Fsp3) is 0.579. The SMILES string of the molecule is CCC(CC)(Cc1nc2ccccc2s1)C(=O)N1CCNC(C)C1. The summed E-state index contributed by atoms with van der Waals surface area (Å²) in [6.45, 7) is 8.93. The summed E-state index contributed by atoms with van der Waals surface area (Å²) in [5, 5.41) is 4.50. The first-order valence-corrected chi connectivity index (χ1v) is 9.77. The quantitative estimate of drug-likeness (QED) is 0.902. The van der Waals surface area contributed by atoms with Crippen molar-refractivity contribution >= 4 is 27.5 Å². The van der Waals surface area contributed by atoms with Gasteiger partial charge in [0.25, 0.3) is 0 Å². The van der Waals surface area contributed by atoms with E-state index in [9.17, 15) is 4.79 Å². The van der Waals surface area contributed by atoms with Gasteiger partial charge in [0.05, 0.1) is 20.6 Å². The van der Waals surface area contributed by atoms with E-state index < -0.39 is 0 Å². The molecule has 1 aromatic carbocycles. The Morgan fingerprint density at radius 2 is 2.12 bits per heavy atom. The molecule has 0 radical (unpaired) electrons. The van der Waals surface area contributed by atoms with Crippen LogP contribution in [0.1, 0.15) is 38.6 Å². The number of amides is 1. The second-order valence-electron chi connectivity index (χ2n) is 6.85. The van der Waals surface area contributed by atoms with Gasteiger partial charge >= 0.3 is 0 Å². The molecule has 0 aliphatic carbocycles. The van der Waals surface area contributed by atoms with Gasteiger partial charge in [-0.2, -0.15) is 0 Å². The lowest BCUT2D eigenvalue weighted by atomic mass is 9.77. The molecule has 0 bridgehead atoms. The Labute approximate surface area is 148 Å². The lowest BCUT2D eigenvalue weighted by Gasteiger charge is -2.39. The molecule has 3 rings (SSSR count). The average molecular weight is 346 g/mol. The molecule has 1 unspecified atom stereocenters. The average Bonchev–Trinajstić information content (AvgIpc) is 3.01. The number of nitrogens with zero attached hydrogens (tertiary/aromatic N) is 2. The first-order valence-electron chi connectivity index (χ1n) is 8.95. The molecule has 0 saturated carbocycles. The van der Waals surface area contributed by atoms with Crippen LogP contribution in [0.5, 0.6) is 0 Å². The molecule has 5 heteroatoms. The molecule has 24 heavy (non-hydrogen) atoms. The van der Waals surface area contributed by atoms with E-state index in [1.165, 1.54) is 4.70 Å². The fourth-order valence-corrected chi connectivity index (χ4v) is 4.73. The van der Waals surface area contributed by atoms with Gasteiger partial charge in [0, 0.05) is 32.1 Å². The Bertz CT molecular complexity index is 674. The van der Waals surface area contributed by atoms with Crippen LogP contribution in [-0.4, -0.2) is 41.5 Å². The molecule has 2 aromatic rings. The molecule has 1 saturated heterocycles. The molecular formula is C19H27N3OS. The Balaban J connectivity index is 1.85. The van der Waals surface area contributed by atoms with E-state index in [-0.39, 0.29) is 5.41 Å². The van der Waals surface area contributed by atoms with Gasteiger partial charge in [-0.3, -0.25) is 4.79 Å². The fourth-order valence-electron chi connectivity index (χ4n) is 3.62. The van der Waals surface area contributed by atoms with Crippen molar-refractivity contribution in [3.63, 3.8) is 0 Å². The summed E-state index contributed by atoms with van der Waals surface area (Å²) < 4.78 is 1.21. The second kappa shape index (κ2) is 7.19. The van der Waals surface area contributed by atoms with Crippen LogP contribution in [0.15, 0.2) is 24.3 Å². The van der Waals surface area contributed by atoms with E-state index in [1.807, 2.05) is 12.1 Å². The molecule has 1 aliphatic heterocycles. The topological polar surface area (TPSA) is 45.2 Å². The monoisotopic (exact) mass is 345 g/mol. The van der Waals surface area contributed by atoms with E-state index in [2.05, 4.69) is 43.1 Å². The minimum absolute atomic E-state index is 0.306. The predicted octanol–water partition coefficient (Wildman–Crippen LogP) is 3.47. The highest BCUT2D eigenvalue weighted by Gasteiger charge is 2.40. The zero-order valence-corrected chi connectivity index (χ0v) is 15.7. The smallest absolute Gasteiger partial charge is 0.229 e. The standard InChI is InChI=1S/C19H27N3OS/c1-4-19(5-2,18(23)22-11-10-20-14(3)13-22)12-17-21-15-8-6-7-9-16(15)24-17/h6-9,14,20H,4-5,10-13H2,1-3H3. The van der Waals surface area contributed by atoms with E-state index in [4.69, 9.17) is 4.98 Å². The molecule has 1 amide bonds. The van der Waals surface area contributed by atoms with Crippen molar-refractivity contribution in [2.45, 2.75) is 46.1 Å². The lowest BCUT2D eigenvalue weighted by Crippen LogP contribution is -2.55. The molecule has 0 spiro atoms. The lowest BCUT2D eigenvalue weighted by molar-refractivity contribution is -0.144. The number of rotatable bonds is 5. The summed E-state index contributed by atoms with van der Waals surface area (Å²) in [6.07, 6.45) is 2.46. The van der Waals surface area contributed by atoms with Crippen LogP contribution < -0.4 is 5.32 Å². The number of carbonyl (C=O) groups excluding carboxylic acids is 1. The third-order valence-corrected chi connectivity index (χ3v) is 6.33. The number of para-hydroxylation sites is 1. The number of piperazine rings is 1. The van der Waals surface area contributed by atoms with Crippen LogP contribution in [0.4, 0.5) is 0 Å². The van der Waals surface area contributed by atoms with Crippen molar-refractivity contribution in [1.29, 1.82) is 0 Å². The third kappa shape index (κ3) is 3.33. The molecule has 1 aliphatic rings. The number of aromatic nitrogens is 1. The van der Waals surface area contributed by atoms with Crippen LogP contribution in [0.2, 0.25) is 0 Å². The van der Waals surface area contributed by atoms with Gasteiger partial charge in [0.15, 0.2) is 0 Å². The Kier molecular flexibility index (Phi) is 5.21. The van der Waals surface area contributed by atoms with Crippen molar-refractivity contribution in [1.82, 2.24) is 15.2 Å². The van der Waals surface area contributed by atoms with Gasteiger partial charge in [0.1, 0.15) is 0 Å². The van der Waals surface area contributed by atoms with Crippen molar-refractivity contribution in [3.8, 4) is 0 Å².